The highest BCUT2D eigenvalue weighted by atomic mass is 16.5. The van der Waals surface area contributed by atoms with Gasteiger partial charge in [0.1, 0.15) is 18.7 Å². The lowest BCUT2D eigenvalue weighted by molar-refractivity contribution is -0.144. The van der Waals surface area contributed by atoms with Crippen LogP contribution in [-0.2, 0) is 54.5 Å². The standard InChI is InChI=1S/C23H28N2O6/c1-29-22(27)19(24)11-16-8-17(12-20(25)23(28)30-2)10-18(9-16)13-21(26)31-14-15-6-4-3-5-7-15/h3-10,19-20H,11-14,24-25H2,1-2H3/t19-,20-/m0/s1. The quantitative estimate of drug-likeness (QED) is 0.424. The highest BCUT2D eigenvalue weighted by Gasteiger charge is 2.18. The Morgan fingerprint density at radius 1 is 0.774 bits per heavy atom. The molecule has 0 aromatic heterocycles. The molecule has 0 aliphatic heterocycles. The molecule has 2 rings (SSSR count). The fourth-order valence-corrected chi connectivity index (χ4v) is 3.11. The first kappa shape index (κ1) is 24.0. The Kier molecular flexibility index (Phi) is 9.17. The van der Waals surface area contributed by atoms with Crippen molar-refractivity contribution < 1.29 is 28.6 Å². The van der Waals surface area contributed by atoms with Gasteiger partial charge in [-0.1, -0.05) is 48.5 Å². The highest BCUT2D eigenvalue weighted by Crippen LogP contribution is 2.16. The van der Waals surface area contributed by atoms with Crippen LogP contribution in [0.15, 0.2) is 48.5 Å². The third-order valence-electron chi connectivity index (χ3n) is 4.62. The predicted molar refractivity (Wildman–Crippen MR) is 114 cm³/mol. The lowest BCUT2D eigenvalue weighted by Gasteiger charge is -2.15. The van der Waals surface area contributed by atoms with Crippen molar-refractivity contribution in [3.8, 4) is 0 Å². The monoisotopic (exact) mass is 428 g/mol. The predicted octanol–water partition coefficient (Wildman–Crippen LogP) is 1.06. The third-order valence-corrected chi connectivity index (χ3v) is 4.62. The third kappa shape index (κ3) is 7.84. The van der Waals surface area contributed by atoms with Crippen molar-refractivity contribution in [2.75, 3.05) is 14.2 Å². The number of methoxy groups -OCH3 is 2. The summed E-state index contributed by atoms with van der Waals surface area (Å²) in [7, 11) is 2.53. The van der Waals surface area contributed by atoms with Crippen molar-refractivity contribution in [2.24, 2.45) is 11.5 Å². The summed E-state index contributed by atoms with van der Waals surface area (Å²) < 4.78 is 14.7. The molecule has 4 N–H and O–H groups in total. The van der Waals surface area contributed by atoms with Crippen LogP contribution in [0.25, 0.3) is 0 Å². The molecule has 0 radical (unpaired) electrons. The summed E-state index contributed by atoms with van der Waals surface area (Å²) in [4.78, 5) is 35.7. The molecule has 0 bridgehead atoms. The minimum atomic E-state index is -0.854. The Bertz CT molecular complexity index is 858. The molecule has 0 aliphatic rings. The maximum Gasteiger partial charge on any atom is 0.322 e. The Morgan fingerprint density at radius 3 is 1.74 bits per heavy atom. The normalized spacial score (nSPS) is 12.5. The summed E-state index contributed by atoms with van der Waals surface area (Å²) in [6, 6.07) is 13.0. The van der Waals surface area contributed by atoms with Gasteiger partial charge in [0.2, 0.25) is 0 Å². The zero-order valence-corrected chi connectivity index (χ0v) is 17.7. The van der Waals surface area contributed by atoms with Crippen LogP contribution in [0.4, 0.5) is 0 Å². The van der Waals surface area contributed by atoms with Crippen molar-refractivity contribution in [1.82, 2.24) is 0 Å². The van der Waals surface area contributed by atoms with Gasteiger partial charge < -0.3 is 25.7 Å². The van der Waals surface area contributed by atoms with E-state index in [0.29, 0.717) is 5.56 Å². The van der Waals surface area contributed by atoms with Gasteiger partial charge in [-0.05, 0) is 35.1 Å². The number of hydrogen-bond acceptors (Lipinski definition) is 8. The van der Waals surface area contributed by atoms with Crippen LogP contribution in [-0.4, -0.2) is 44.2 Å². The zero-order chi connectivity index (χ0) is 22.8. The first-order valence-corrected chi connectivity index (χ1v) is 9.80. The average Bonchev–Trinajstić information content (AvgIpc) is 2.76. The Labute approximate surface area is 181 Å². The summed E-state index contributed by atoms with van der Waals surface area (Å²) in [5, 5.41) is 0. The molecule has 31 heavy (non-hydrogen) atoms. The van der Waals surface area contributed by atoms with Gasteiger partial charge in [0.25, 0.3) is 0 Å². The fourth-order valence-electron chi connectivity index (χ4n) is 3.11. The number of carbonyl (C=O) groups excluding carboxylic acids is 3. The summed E-state index contributed by atoms with van der Waals surface area (Å²) in [5.41, 5.74) is 14.8. The topological polar surface area (TPSA) is 131 Å². The summed E-state index contributed by atoms with van der Waals surface area (Å²) in [5.74, 6) is -1.48. The van der Waals surface area contributed by atoms with E-state index < -0.39 is 30.0 Å². The van der Waals surface area contributed by atoms with E-state index in [2.05, 4.69) is 9.47 Å². The molecule has 2 aromatic rings. The average molecular weight is 428 g/mol. The van der Waals surface area contributed by atoms with Gasteiger partial charge in [0.15, 0.2) is 0 Å². The lowest BCUT2D eigenvalue weighted by atomic mass is 9.96. The molecule has 0 amide bonds. The van der Waals surface area contributed by atoms with E-state index in [0.717, 1.165) is 16.7 Å². The van der Waals surface area contributed by atoms with E-state index in [4.69, 9.17) is 16.2 Å². The molecule has 2 atom stereocenters. The van der Waals surface area contributed by atoms with E-state index in [-0.39, 0.29) is 25.9 Å². The van der Waals surface area contributed by atoms with Crippen LogP contribution in [0.5, 0.6) is 0 Å². The number of esters is 3. The summed E-state index contributed by atoms with van der Waals surface area (Å²) in [6.45, 7) is 0.173. The van der Waals surface area contributed by atoms with E-state index in [1.807, 2.05) is 30.3 Å². The van der Waals surface area contributed by atoms with Crippen LogP contribution >= 0.6 is 0 Å². The Morgan fingerprint density at radius 2 is 1.26 bits per heavy atom. The van der Waals surface area contributed by atoms with Crippen molar-refractivity contribution in [3.63, 3.8) is 0 Å². The molecule has 8 nitrogen and oxygen atoms in total. The largest absolute Gasteiger partial charge is 0.468 e. The molecule has 0 saturated heterocycles. The molecular formula is C23H28N2O6. The van der Waals surface area contributed by atoms with E-state index >= 15 is 0 Å². The smallest absolute Gasteiger partial charge is 0.322 e. The number of rotatable bonds is 10. The Balaban J connectivity index is 2.15. The second-order valence-corrected chi connectivity index (χ2v) is 7.15. The van der Waals surface area contributed by atoms with Crippen LogP contribution < -0.4 is 11.5 Å². The van der Waals surface area contributed by atoms with Crippen LogP contribution in [0.2, 0.25) is 0 Å². The molecule has 0 spiro atoms. The van der Waals surface area contributed by atoms with Crippen molar-refractivity contribution in [2.45, 2.75) is 38.0 Å². The second-order valence-electron chi connectivity index (χ2n) is 7.15. The van der Waals surface area contributed by atoms with E-state index in [1.54, 1.807) is 18.2 Å². The first-order chi connectivity index (χ1) is 14.8. The number of benzene rings is 2. The molecule has 2 aromatic carbocycles. The molecular weight excluding hydrogens is 400 g/mol. The minimum Gasteiger partial charge on any atom is -0.468 e. The zero-order valence-electron chi connectivity index (χ0n) is 17.7. The van der Waals surface area contributed by atoms with Crippen LogP contribution in [0, 0.1) is 0 Å². The van der Waals surface area contributed by atoms with Crippen LogP contribution in [0.1, 0.15) is 22.3 Å². The molecule has 0 heterocycles. The summed E-state index contributed by atoms with van der Waals surface area (Å²) in [6.07, 6.45) is 0.439. The maximum absolute atomic E-state index is 12.3. The highest BCUT2D eigenvalue weighted by molar-refractivity contribution is 5.76. The molecule has 0 unspecified atom stereocenters. The number of ether oxygens (including phenoxy) is 3. The molecule has 8 heteroatoms. The summed E-state index contributed by atoms with van der Waals surface area (Å²) >= 11 is 0. The first-order valence-electron chi connectivity index (χ1n) is 9.80. The molecule has 166 valence electrons. The minimum absolute atomic E-state index is 0.0224. The molecule has 0 aliphatic carbocycles. The second kappa shape index (κ2) is 11.8. The SMILES string of the molecule is COC(=O)[C@@H](N)Cc1cc(CC(=O)OCc2ccccc2)cc(C[C@H](N)C(=O)OC)c1. The van der Waals surface area contributed by atoms with Gasteiger partial charge in [-0.15, -0.1) is 0 Å². The number of nitrogens with two attached hydrogens (primary N) is 2. The molecule has 0 saturated carbocycles. The van der Waals surface area contributed by atoms with Gasteiger partial charge in [-0.25, -0.2) is 0 Å². The van der Waals surface area contributed by atoms with Crippen molar-refractivity contribution in [3.05, 3.63) is 70.8 Å². The van der Waals surface area contributed by atoms with Gasteiger partial charge in [0, 0.05) is 0 Å². The van der Waals surface area contributed by atoms with Crippen molar-refractivity contribution in [1.29, 1.82) is 0 Å². The maximum atomic E-state index is 12.3. The molecule has 0 fully saturated rings. The number of carbonyl (C=O) groups is 3. The van der Waals surface area contributed by atoms with Crippen LogP contribution in [0.3, 0.4) is 0 Å². The van der Waals surface area contributed by atoms with Gasteiger partial charge in [-0.2, -0.15) is 0 Å². The van der Waals surface area contributed by atoms with Gasteiger partial charge in [-0.3, -0.25) is 14.4 Å². The van der Waals surface area contributed by atoms with Crippen molar-refractivity contribution >= 4 is 17.9 Å². The van der Waals surface area contributed by atoms with Gasteiger partial charge in [0.05, 0.1) is 20.6 Å². The number of hydrogen-bond donors (Lipinski definition) is 2. The van der Waals surface area contributed by atoms with Gasteiger partial charge >= 0.3 is 17.9 Å². The Hall–Kier alpha value is -3.23. The fraction of sp³-hybridized carbons (Fsp3) is 0.348. The lowest BCUT2D eigenvalue weighted by Crippen LogP contribution is -2.34. The van der Waals surface area contributed by atoms with E-state index in [1.165, 1.54) is 14.2 Å². The van der Waals surface area contributed by atoms with E-state index in [9.17, 15) is 14.4 Å².